The van der Waals surface area contributed by atoms with Gasteiger partial charge in [-0.3, -0.25) is 0 Å². The largest absolute Gasteiger partial charge is 0.396 e. The Bertz CT molecular complexity index is 403. The van der Waals surface area contributed by atoms with E-state index in [0.717, 1.165) is 38.0 Å². The first kappa shape index (κ1) is 13.5. The molecule has 0 spiro atoms. The van der Waals surface area contributed by atoms with Crippen LogP contribution in [0.15, 0.2) is 6.33 Å². The molecule has 1 aromatic rings. The molecule has 0 radical (unpaired) electrons. The predicted octanol–water partition coefficient (Wildman–Crippen LogP) is 1.36. The first-order chi connectivity index (χ1) is 8.77. The van der Waals surface area contributed by atoms with Gasteiger partial charge in [0.2, 0.25) is 0 Å². The molecular weight excluding hydrogens is 254 g/mol. The highest BCUT2D eigenvalue weighted by atomic mass is 35.5. The Kier molecular flexibility index (Phi) is 4.74. The van der Waals surface area contributed by atoms with Gasteiger partial charge in [-0.15, -0.1) is 0 Å². The lowest BCUT2D eigenvalue weighted by Crippen LogP contribution is -2.31. The molecule has 0 aliphatic carbocycles. The molecule has 1 atom stereocenters. The highest BCUT2D eigenvalue weighted by Crippen LogP contribution is 2.31. The van der Waals surface area contributed by atoms with Crippen molar-refractivity contribution in [2.45, 2.75) is 38.3 Å². The third-order valence-corrected chi connectivity index (χ3v) is 3.70. The maximum absolute atomic E-state index is 9.39. The Balaban J connectivity index is 2.21. The van der Waals surface area contributed by atoms with Crippen LogP contribution in [-0.4, -0.2) is 39.4 Å². The highest BCUT2D eigenvalue weighted by Gasteiger charge is 2.27. The summed E-state index contributed by atoms with van der Waals surface area (Å²) < 4.78 is 0. The lowest BCUT2D eigenvalue weighted by molar-refractivity contribution is 0.277. The summed E-state index contributed by atoms with van der Waals surface area (Å²) in [6.45, 7) is 0.969. The van der Waals surface area contributed by atoms with E-state index in [-0.39, 0.29) is 13.2 Å². The van der Waals surface area contributed by atoms with E-state index < -0.39 is 0 Å². The van der Waals surface area contributed by atoms with E-state index in [4.69, 9.17) is 16.7 Å². The molecule has 6 heteroatoms. The molecule has 0 bridgehead atoms. The molecule has 2 N–H and O–H groups in total. The van der Waals surface area contributed by atoms with Crippen molar-refractivity contribution in [1.82, 2.24) is 9.97 Å². The minimum absolute atomic E-state index is 0.155. The molecule has 0 aromatic carbocycles. The summed E-state index contributed by atoms with van der Waals surface area (Å²) in [6, 6.07) is 0.369. The number of halogens is 1. The molecule has 1 saturated heterocycles. The normalized spacial score (nSPS) is 19.5. The molecule has 1 aliphatic heterocycles. The second kappa shape index (κ2) is 6.31. The van der Waals surface area contributed by atoms with Crippen LogP contribution in [0.25, 0.3) is 0 Å². The summed E-state index contributed by atoms with van der Waals surface area (Å²) in [7, 11) is 0. The number of aliphatic hydroxyl groups excluding tert-OH is 2. The molecule has 100 valence electrons. The van der Waals surface area contributed by atoms with E-state index in [9.17, 15) is 5.11 Å². The molecule has 0 amide bonds. The number of rotatable bonds is 5. The summed E-state index contributed by atoms with van der Waals surface area (Å²) in [5.41, 5.74) is 0.593. The fourth-order valence-electron chi connectivity index (χ4n) is 2.51. The molecule has 2 heterocycles. The minimum Gasteiger partial charge on any atom is -0.396 e. The molecule has 1 aliphatic rings. The van der Waals surface area contributed by atoms with Crippen LogP contribution >= 0.6 is 11.6 Å². The summed E-state index contributed by atoms with van der Waals surface area (Å²) >= 11 is 5.98. The van der Waals surface area contributed by atoms with Crippen LogP contribution < -0.4 is 4.90 Å². The van der Waals surface area contributed by atoms with Crippen molar-refractivity contribution in [3.63, 3.8) is 0 Å². The quantitative estimate of drug-likeness (QED) is 0.792. The van der Waals surface area contributed by atoms with Crippen LogP contribution in [-0.2, 0) is 6.61 Å². The van der Waals surface area contributed by atoms with Crippen molar-refractivity contribution >= 4 is 17.4 Å². The van der Waals surface area contributed by atoms with Crippen LogP contribution in [0.1, 0.15) is 31.2 Å². The Hall–Kier alpha value is -0.910. The van der Waals surface area contributed by atoms with Gasteiger partial charge in [0.25, 0.3) is 0 Å². The smallest absolute Gasteiger partial charge is 0.140 e. The van der Waals surface area contributed by atoms with Gasteiger partial charge in [-0.2, -0.15) is 0 Å². The van der Waals surface area contributed by atoms with E-state index >= 15 is 0 Å². The number of aromatic nitrogens is 2. The van der Waals surface area contributed by atoms with Crippen LogP contribution in [0, 0.1) is 0 Å². The third-order valence-electron chi connectivity index (χ3n) is 3.37. The van der Waals surface area contributed by atoms with Crippen molar-refractivity contribution in [2.75, 3.05) is 18.1 Å². The average Bonchev–Trinajstić information content (AvgIpc) is 2.84. The molecule has 1 unspecified atom stereocenters. The fourth-order valence-corrected chi connectivity index (χ4v) is 2.70. The number of aliphatic hydroxyl groups is 2. The van der Waals surface area contributed by atoms with Gasteiger partial charge in [0, 0.05) is 19.2 Å². The molecule has 1 fully saturated rings. The van der Waals surface area contributed by atoms with E-state index in [2.05, 4.69) is 14.9 Å². The second-order valence-electron chi connectivity index (χ2n) is 4.48. The number of hydrogen-bond acceptors (Lipinski definition) is 5. The van der Waals surface area contributed by atoms with Crippen molar-refractivity contribution in [3.05, 3.63) is 17.0 Å². The van der Waals surface area contributed by atoms with E-state index in [0.29, 0.717) is 16.8 Å². The molecule has 2 rings (SSSR count). The summed E-state index contributed by atoms with van der Waals surface area (Å²) in [6.07, 6.45) is 5.34. The van der Waals surface area contributed by atoms with Gasteiger partial charge >= 0.3 is 0 Å². The zero-order valence-corrected chi connectivity index (χ0v) is 11.0. The first-order valence-electron chi connectivity index (χ1n) is 6.25. The minimum atomic E-state index is -0.155. The van der Waals surface area contributed by atoms with Crippen LogP contribution in [0.5, 0.6) is 0 Å². The zero-order chi connectivity index (χ0) is 13.0. The lowest BCUT2D eigenvalue weighted by Gasteiger charge is -2.27. The van der Waals surface area contributed by atoms with Crippen LogP contribution in [0.4, 0.5) is 5.82 Å². The molecule has 0 saturated carbocycles. The van der Waals surface area contributed by atoms with E-state index in [1.165, 1.54) is 6.33 Å². The van der Waals surface area contributed by atoms with Gasteiger partial charge in [-0.1, -0.05) is 11.6 Å². The Labute approximate surface area is 111 Å². The Morgan fingerprint density at radius 2 is 2.22 bits per heavy atom. The van der Waals surface area contributed by atoms with Gasteiger partial charge in [0.1, 0.15) is 17.3 Å². The van der Waals surface area contributed by atoms with E-state index in [1.54, 1.807) is 0 Å². The molecule has 18 heavy (non-hydrogen) atoms. The standard InChI is InChI=1S/C12H18ClN3O2/c13-11-10(7-18)12(15-8-14-11)16-5-1-3-9(16)4-2-6-17/h8-9,17-18H,1-7H2. The molecule has 1 aromatic heterocycles. The number of hydrogen-bond donors (Lipinski definition) is 2. The van der Waals surface area contributed by atoms with Gasteiger partial charge < -0.3 is 15.1 Å². The first-order valence-corrected chi connectivity index (χ1v) is 6.63. The van der Waals surface area contributed by atoms with E-state index in [1.807, 2.05) is 0 Å². The number of nitrogens with zero attached hydrogens (tertiary/aromatic N) is 3. The predicted molar refractivity (Wildman–Crippen MR) is 69.7 cm³/mol. The topological polar surface area (TPSA) is 69.5 Å². The Morgan fingerprint density at radius 1 is 1.39 bits per heavy atom. The number of anilines is 1. The lowest BCUT2D eigenvalue weighted by atomic mass is 10.1. The van der Waals surface area contributed by atoms with Crippen molar-refractivity contribution in [3.8, 4) is 0 Å². The second-order valence-corrected chi connectivity index (χ2v) is 4.84. The van der Waals surface area contributed by atoms with Gasteiger partial charge in [0.15, 0.2) is 0 Å². The maximum Gasteiger partial charge on any atom is 0.140 e. The van der Waals surface area contributed by atoms with Crippen molar-refractivity contribution in [1.29, 1.82) is 0 Å². The molecule has 5 nitrogen and oxygen atoms in total. The Morgan fingerprint density at radius 3 is 2.94 bits per heavy atom. The van der Waals surface area contributed by atoms with Crippen molar-refractivity contribution in [2.24, 2.45) is 0 Å². The zero-order valence-electron chi connectivity index (χ0n) is 10.2. The van der Waals surface area contributed by atoms with Crippen LogP contribution in [0.3, 0.4) is 0 Å². The summed E-state index contributed by atoms with van der Waals surface area (Å²) in [5, 5.41) is 18.6. The maximum atomic E-state index is 9.39. The average molecular weight is 272 g/mol. The monoisotopic (exact) mass is 271 g/mol. The van der Waals surface area contributed by atoms with Gasteiger partial charge in [0.05, 0.1) is 12.2 Å². The molecular formula is C12H18ClN3O2. The van der Waals surface area contributed by atoms with Gasteiger partial charge in [-0.25, -0.2) is 9.97 Å². The van der Waals surface area contributed by atoms with Crippen LogP contribution in [0.2, 0.25) is 5.15 Å². The third kappa shape index (κ3) is 2.74. The summed E-state index contributed by atoms with van der Waals surface area (Å²) in [4.78, 5) is 10.3. The highest BCUT2D eigenvalue weighted by molar-refractivity contribution is 6.30. The van der Waals surface area contributed by atoms with Gasteiger partial charge in [-0.05, 0) is 25.7 Å². The SMILES string of the molecule is OCCCC1CCCN1c1ncnc(Cl)c1CO. The summed E-state index contributed by atoms with van der Waals surface area (Å²) in [5.74, 6) is 0.734. The fraction of sp³-hybridized carbons (Fsp3) is 0.667. The van der Waals surface area contributed by atoms with Crippen molar-refractivity contribution < 1.29 is 10.2 Å².